The normalized spacial score (nSPS) is 14.1. The molecule has 0 atom stereocenters. The molecule has 4 rings (SSSR count). The Bertz CT molecular complexity index is 941. The summed E-state index contributed by atoms with van der Waals surface area (Å²) in [5.41, 5.74) is -0.171. The van der Waals surface area contributed by atoms with Crippen LogP contribution in [0.5, 0.6) is 0 Å². The molecule has 0 unspecified atom stereocenters. The van der Waals surface area contributed by atoms with Crippen LogP contribution in [-0.4, -0.2) is 26.2 Å². The van der Waals surface area contributed by atoms with Gasteiger partial charge in [-0.1, -0.05) is 23.4 Å². The summed E-state index contributed by atoms with van der Waals surface area (Å²) in [6.07, 6.45) is 2.14. The predicted molar refractivity (Wildman–Crippen MR) is 79.8 cm³/mol. The maximum atomic E-state index is 12.3. The van der Waals surface area contributed by atoms with Crippen LogP contribution in [-0.2, 0) is 6.54 Å². The minimum atomic E-state index is -0.407. The minimum Gasteiger partial charge on any atom is -0.343 e. The van der Waals surface area contributed by atoms with E-state index >= 15 is 0 Å². The zero-order valence-electron chi connectivity index (χ0n) is 12.1. The first-order valence-electron chi connectivity index (χ1n) is 7.30. The van der Waals surface area contributed by atoms with Gasteiger partial charge in [-0.2, -0.15) is 10.1 Å². The van der Waals surface area contributed by atoms with E-state index in [1.54, 1.807) is 24.3 Å². The van der Waals surface area contributed by atoms with Gasteiger partial charge in [0.25, 0.3) is 11.5 Å². The quantitative estimate of drug-likeness (QED) is 0.746. The van der Waals surface area contributed by atoms with Crippen molar-refractivity contribution >= 4 is 16.7 Å². The second-order valence-corrected chi connectivity index (χ2v) is 5.45. The molecule has 0 aliphatic heterocycles. The lowest BCUT2D eigenvalue weighted by atomic mass is 10.1. The first kappa shape index (κ1) is 13.6. The molecule has 0 spiro atoms. The maximum absolute atomic E-state index is 12.3. The molecule has 1 saturated carbocycles. The Hall–Kier alpha value is -3.03. The smallest absolute Gasteiger partial charge is 0.272 e. The minimum absolute atomic E-state index is 0.143. The van der Waals surface area contributed by atoms with Crippen LogP contribution in [0.4, 0.5) is 0 Å². The average Bonchev–Trinajstić information content (AvgIpc) is 3.32. The Balaban J connectivity index is 1.54. The van der Waals surface area contributed by atoms with Crippen molar-refractivity contribution in [3.63, 3.8) is 0 Å². The zero-order chi connectivity index (χ0) is 15.8. The number of nitrogens with zero attached hydrogens (tertiary/aromatic N) is 3. The third-order valence-electron chi connectivity index (χ3n) is 3.73. The Morgan fingerprint density at radius 3 is 2.87 bits per heavy atom. The third kappa shape index (κ3) is 2.59. The van der Waals surface area contributed by atoms with Crippen LogP contribution in [0.1, 0.15) is 41.0 Å². The highest BCUT2D eigenvalue weighted by molar-refractivity contribution is 6.04. The molecule has 3 aromatic rings. The molecule has 8 nitrogen and oxygen atoms in total. The molecule has 0 radical (unpaired) electrons. The monoisotopic (exact) mass is 311 g/mol. The van der Waals surface area contributed by atoms with Gasteiger partial charge < -0.3 is 9.84 Å². The molecule has 8 heteroatoms. The second-order valence-electron chi connectivity index (χ2n) is 5.45. The van der Waals surface area contributed by atoms with Crippen molar-refractivity contribution in [1.82, 2.24) is 25.7 Å². The SMILES string of the molecule is O=C(NCc1noc(C2CC2)n1)c1n[nH]c(=O)c2ccccc12. The van der Waals surface area contributed by atoms with Crippen LogP contribution in [0.2, 0.25) is 0 Å². The molecular formula is C15H13N5O3. The van der Waals surface area contributed by atoms with Crippen LogP contribution < -0.4 is 10.9 Å². The summed E-state index contributed by atoms with van der Waals surface area (Å²) in [5, 5.41) is 13.6. The highest BCUT2D eigenvalue weighted by Crippen LogP contribution is 2.38. The van der Waals surface area contributed by atoms with E-state index < -0.39 is 5.91 Å². The highest BCUT2D eigenvalue weighted by atomic mass is 16.5. The number of aromatic amines is 1. The Morgan fingerprint density at radius 2 is 2.09 bits per heavy atom. The number of nitrogens with one attached hydrogen (secondary N) is 2. The molecule has 23 heavy (non-hydrogen) atoms. The summed E-state index contributed by atoms with van der Waals surface area (Å²) < 4.78 is 5.14. The number of H-pyrrole nitrogens is 1. The number of rotatable bonds is 4. The Morgan fingerprint density at radius 1 is 1.30 bits per heavy atom. The van der Waals surface area contributed by atoms with Crippen molar-refractivity contribution in [2.24, 2.45) is 0 Å². The van der Waals surface area contributed by atoms with Gasteiger partial charge in [-0.15, -0.1) is 0 Å². The van der Waals surface area contributed by atoms with E-state index in [-0.39, 0.29) is 17.8 Å². The van der Waals surface area contributed by atoms with E-state index in [0.717, 1.165) is 12.8 Å². The van der Waals surface area contributed by atoms with E-state index in [1.165, 1.54) is 0 Å². The first-order chi connectivity index (χ1) is 11.2. The number of carbonyl (C=O) groups is 1. The highest BCUT2D eigenvalue weighted by Gasteiger charge is 2.29. The van der Waals surface area contributed by atoms with Gasteiger partial charge in [-0.3, -0.25) is 9.59 Å². The number of benzene rings is 1. The number of fused-ring (bicyclic) bond motifs is 1. The summed E-state index contributed by atoms with van der Waals surface area (Å²) >= 11 is 0. The Labute approximate surface area is 129 Å². The Kier molecular flexibility index (Phi) is 3.14. The van der Waals surface area contributed by atoms with E-state index in [0.29, 0.717) is 28.4 Å². The molecule has 1 amide bonds. The fourth-order valence-electron chi connectivity index (χ4n) is 2.37. The van der Waals surface area contributed by atoms with Gasteiger partial charge in [-0.25, -0.2) is 5.10 Å². The third-order valence-corrected chi connectivity index (χ3v) is 3.73. The van der Waals surface area contributed by atoms with Crippen LogP contribution in [0, 0.1) is 0 Å². The van der Waals surface area contributed by atoms with Crippen molar-refractivity contribution in [2.75, 3.05) is 0 Å². The van der Waals surface area contributed by atoms with Gasteiger partial charge >= 0.3 is 0 Å². The molecule has 2 N–H and O–H groups in total. The van der Waals surface area contributed by atoms with Crippen LogP contribution in [0.3, 0.4) is 0 Å². The lowest BCUT2D eigenvalue weighted by Gasteiger charge is -2.04. The van der Waals surface area contributed by atoms with Gasteiger partial charge in [0.1, 0.15) is 0 Å². The van der Waals surface area contributed by atoms with Crippen molar-refractivity contribution in [3.05, 3.63) is 52.0 Å². The predicted octanol–water partition coefficient (Wildman–Crippen LogP) is 1.11. The topological polar surface area (TPSA) is 114 Å². The second kappa shape index (κ2) is 5.31. The lowest BCUT2D eigenvalue weighted by Crippen LogP contribution is -2.26. The molecule has 1 aromatic carbocycles. The van der Waals surface area contributed by atoms with Crippen LogP contribution in [0.25, 0.3) is 10.8 Å². The fourth-order valence-corrected chi connectivity index (χ4v) is 2.37. The molecule has 0 saturated heterocycles. The van der Waals surface area contributed by atoms with E-state index in [2.05, 4.69) is 25.7 Å². The van der Waals surface area contributed by atoms with Crippen molar-refractivity contribution in [1.29, 1.82) is 0 Å². The van der Waals surface area contributed by atoms with E-state index in [1.807, 2.05) is 0 Å². The summed E-state index contributed by atoms with van der Waals surface area (Å²) in [7, 11) is 0. The molecule has 0 bridgehead atoms. The summed E-state index contributed by atoms with van der Waals surface area (Å²) in [6.45, 7) is 0.143. The first-order valence-corrected chi connectivity index (χ1v) is 7.30. The number of hydrogen-bond acceptors (Lipinski definition) is 6. The molecule has 2 heterocycles. The lowest BCUT2D eigenvalue weighted by molar-refractivity contribution is 0.0945. The standard InChI is InChI=1S/C15H13N5O3/c21-13-10-4-2-1-3-9(10)12(18-19-13)14(22)16-7-11-17-15(23-20-11)8-5-6-8/h1-4,8H,5-7H2,(H,16,22)(H,19,21). The maximum Gasteiger partial charge on any atom is 0.272 e. The van der Waals surface area contributed by atoms with Crippen molar-refractivity contribution in [2.45, 2.75) is 25.3 Å². The average molecular weight is 311 g/mol. The number of carbonyl (C=O) groups excluding carboxylic acids is 1. The van der Waals surface area contributed by atoms with Gasteiger partial charge in [-0.05, 0) is 18.9 Å². The molecule has 1 aliphatic carbocycles. The number of aromatic nitrogens is 4. The summed E-state index contributed by atoms with van der Waals surface area (Å²) in [6, 6.07) is 6.82. The molecule has 2 aromatic heterocycles. The molecule has 116 valence electrons. The van der Waals surface area contributed by atoms with E-state index in [4.69, 9.17) is 4.52 Å². The summed E-state index contributed by atoms with van der Waals surface area (Å²) in [4.78, 5) is 28.3. The molecule has 1 aliphatic rings. The summed E-state index contributed by atoms with van der Waals surface area (Å²) in [5.74, 6) is 1.02. The van der Waals surface area contributed by atoms with Gasteiger partial charge in [0, 0.05) is 11.3 Å². The van der Waals surface area contributed by atoms with Crippen LogP contribution in [0.15, 0.2) is 33.6 Å². The number of hydrogen-bond donors (Lipinski definition) is 2. The van der Waals surface area contributed by atoms with E-state index in [9.17, 15) is 9.59 Å². The number of amides is 1. The van der Waals surface area contributed by atoms with Crippen LogP contribution >= 0.6 is 0 Å². The largest absolute Gasteiger partial charge is 0.343 e. The van der Waals surface area contributed by atoms with Gasteiger partial charge in [0.2, 0.25) is 5.89 Å². The van der Waals surface area contributed by atoms with Crippen molar-refractivity contribution < 1.29 is 9.32 Å². The fraction of sp³-hybridized carbons (Fsp3) is 0.267. The zero-order valence-corrected chi connectivity index (χ0v) is 12.1. The molecule has 1 fully saturated rings. The molecular weight excluding hydrogens is 298 g/mol. The van der Waals surface area contributed by atoms with Gasteiger partial charge in [0.05, 0.1) is 11.9 Å². The van der Waals surface area contributed by atoms with Crippen molar-refractivity contribution in [3.8, 4) is 0 Å². The van der Waals surface area contributed by atoms with Gasteiger partial charge in [0.15, 0.2) is 11.5 Å².